The van der Waals surface area contributed by atoms with Crippen LogP contribution in [0.3, 0.4) is 0 Å². The van der Waals surface area contributed by atoms with Crippen LogP contribution in [0.15, 0.2) is 75.3 Å². The van der Waals surface area contributed by atoms with E-state index in [2.05, 4.69) is 0 Å². The van der Waals surface area contributed by atoms with Gasteiger partial charge < -0.3 is 18.9 Å². The highest BCUT2D eigenvalue weighted by Crippen LogP contribution is 2.38. The van der Waals surface area contributed by atoms with Crippen LogP contribution in [0.25, 0.3) is 11.8 Å². The first-order chi connectivity index (χ1) is 20.9. The molecule has 9 nitrogen and oxygen atoms in total. The number of methoxy groups -OCH3 is 1. The van der Waals surface area contributed by atoms with E-state index in [4.69, 9.17) is 35.5 Å². The van der Waals surface area contributed by atoms with Crippen molar-refractivity contribution in [2.45, 2.75) is 19.9 Å². The van der Waals surface area contributed by atoms with Crippen molar-refractivity contribution in [2.75, 3.05) is 26.9 Å². The number of ether oxygens (including phenoxy) is 4. The minimum absolute atomic E-state index is 0.175. The molecule has 4 aromatic rings. The first-order valence-electron chi connectivity index (χ1n) is 13.3. The van der Waals surface area contributed by atoms with Crippen molar-refractivity contribution in [1.82, 2.24) is 4.57 Å². The maximum Gasteiger partial charge on any atom is 0.344 e. The van der Waals surface area contributed by atoms with Gasteiger partial charge in [0.05, 0.1) is 41.1 Å². The molecule has 0 radical (unpaired) electrons. The molecule has 2 aromatic heterocycles. The van der Waals surface area contributed by atoms with Gasteiger partial charge in [0.2, 0.25) is 0 Å². The fraction of sp³-hybridized carbons (Fsp3) is 0.226. The van der Waals surface area contributed by atoms with Gasteiger partial charge in [-0.2, -0.15) is 0 Å². The summed E-state index contributed by atoms with van der Waals surface area (Å²) in [6.45, 7) is 3.51. The first kappa shape index (κ1) is 30.3. The summed E-state index contributed by atoms with van der Waals surface area (Å²) in [5.74, 6) is -0.612. The molecule has 43 heavy (non-hydrogen) atoms. The molecule has 0 saturated carbocycles. The topological polar surface area (TPSA) is 105 Å². The van der Waals surface area contributed by atoms with Crippen molar-refractivity contribution in [3.05, 3.63) is 106 Å². The van der Waals surface area contributed by atoms with Crippen molar-refractivity contribution in [1.29, 1.82) is 0 Å². The summed E-state index contributed by atoms with van der Waals surface area (Å²) in [5.41, 5.74) is 1.73. The molecule has 3 heterocycles. The first-order valence-corrected chi connectivity index (χ1v) is 15.4. The Labute approximate surface area is 259 Å². The molecule has 0 bridgehead atoms. The smallest absolute Gasteiger partial charge is 0.344 e. The third-order valence-electron chi connectivity index (χ3n) is 6.38. The van der Waals surface area contributed by atoms with Crippen molar-refractivity contribution >= 4 is 58.0 Å². The lowest BCUT2D eigenvalue weighted by Gasteiger charge is -2.24. The maximum atomic E-state index is 14.0. The van der Waals surface area contributed by atoms with Crippen LogP contribution in [0.5, 0.6) is 11.5 Å². The number of fused-ring (bicyclic) bond motifs is 1. The second-order valence-electron chi connectivity index (χ2n) is 9.07. The Morgan fingerprint density at radius 1 is 1.07 bits per heavy atom. The Hall–Kier alpha value is -4.19. The van der Waals surface area contributed by atoms with E-state index in [1.54, 1.807) is 32.1 Å². The quantitative estimate of drug-likeness (QED) is 0.234. The van der Waals surface area contributed by atoms with E-state index < -0.39 is 18.0 Å². The molecular formula is C31H27ClN2O7S2. The van der Waals surface area contributed by atoms with Gasteiger partial charge in [-0.1, -0.05) is 59.3 Å². The van der Waals surface area contributed by atoms with Crippen LogP contribution in [0.1, 0.15) is 35.9 Å². The molecular weight excluding hydrogens is 612 g/mol. The number of carbonyl (C=O) groups is 2. The van der Waals surface area contributed by atoms with Crippen molar-refractivity contribution in [3.63, 3.8) is 0 Å². The molecule has 0 unspecified atom stereocenters. The van der Waals surface area contributed by atoms with Crippen LogP contribution < -0.4 is 24.4 Å². The fourth-order valence-electron chi connectivity index (χ4n) is 4.60. The van der Waals surface area contributed by atoms with E-state index in [0.717, 1.165) is 10.4 Å². The summed E-state index contributed by atoms with van der Waals surface area (Å²) in [6.07, 6.45) is 1.68. The molecule has 0 saturated heterocycles. The second kappa shape index (κ2) is 13.4. The van der Waals surface area contributed by atoms with Crippen LogP contribution in [0, 0.1) is 0 Å². The van der Waals surface area contributed by atoms with Gasteiger partial charge in [0.25, 0.3) is 5.56 Å². The van der Waals surface area contributed by atoms with Crippen LogP contribution in [-0.2, 0) is 19.1 Å². The zero-order valence-electron chi connectivity index (χ0n) is 23.5. The highest BCUT2D eigenvalue weighted by molar-refractivity contribution is 7.10. The molecule has 5 rings (SSSR count). The van der Waals surface area contributed by atoms with E-state index in [9.17, 15) is 14.4 Å². The van der Waals surface area contributed by atoms with Crippen LogP contribution >= 0.6 is 34.3 Å². The van der Waals surface area contributed by atoms with Gasteiger partial charge in [0.1, 0.15) is 6.04 Å². The van der Waals surface area contributed by atoms with E-state index in [1.165, 1.54) is 34.4 Å². The van der Waals surface area contributed by atoms with Gasteiger partial charge in [-0.3, -0.25) is 9.36 Å². The number of thiazole rings is 1. The second-order valence-corrected chi connectivity index (χ2v) is 11.5. The van der Waals surface area contributed by atoms with Crippen molar-refractivity contribution in [3.8, 4) is 11.5 Å². The van der Waals surface area contributed by atoms with Crippen LogP contribution in [-0.4, -0.2) is 43.4 Å². The molecule has 0 N–H and O–H groups in total. The van der Waals surface area contributed by atoms with Gasteiger partial charge in [-0.25, -0.2) is 14.6 Å². The zero-order chi connectivity index (χ0) is 30.5. The average molecular weight is 639 g/mol. The average Bonchev–Trinajstić information content (AvgIpc) is 3.64. The molecule has 0 fully saturated rings. The number of thiophene rings is 1. The molecule has 1 atom stereocenters. The number of nitrogens with zero attached hydrogens (tertiary/aromatic N) is 2. The summed E-state index contributed by atoms with van der Waals surface area (Å²) in [4.78, 5) is 45.3. The normalized spacial score (nSPS) is 14.6. The van der Waals surface area contributed by atoms with Crippen molar-refractivity contribution < 1.29 is 28.5 Å². The molecule has 2 aromatic carbocycles. The monoisotopic (exact) mass is 638 g/mol. The third kappa shape index (κ3) is 6.29. The highest BCUT2D eigenvalue weighted by atomic mass is 35.5. The summed E-state index contributed by atoms with van der Waals surface area (Å²) < 4.78 is 23.3. The van der Waals surface area contributed by atoms with Crippen LogP contribution in [0.2, 0.25) is 5.02 Å². The molecule has 222 valence electrons. The number of esters is 2. The molecule has 1 aliphatic rings. The van der Waals surface area contributed by atoms with Gasteiger partial charge in [0.15, 0.2) is 22.9 Å². The van der Waals surface area contributed by atoms with E-state index in [-0.39, 0.29) is 41.9 Å². The number of halogens is 1. The van der Waals surface area contributed by atoms with E-state index in [0.29, 0.717) is 26.2 Å². The van der Waals surface area contributed by atoms with E-state index in [1.807, 2.05) is 47.8 Å². The summed E-state index contributed by atoms with van der Waals surface area (Å²) in [7, 11) is 1.45. The number of aromatic nitrogens is 1. The molecule has 12 heteroatoms. The number of benzene rings is 2. The Morgan fingerprint density at radius 3 is 2.51 bits per heavy atom. The predicted octanol–water partition coefficient (Wildman–Crippen LogP) is 4.60. The highest BCUT2D eigenvalue weighted by Gasteiger charge is 2.35. The van der Waals surface area contributed by atoms with Gasteiger partial charge in [0, 0.05) is 10.4 Å². The third-order valence-corrected chi connectivity index (χ3v) is 8.56. The lowest BCUT2D eigenvalue weighted by Crippen LogP contribution is -2.39. The Bertz CT molecular complexity index is 1860. The number of rotatable bonds is 10. The largest absolute Gasteiger partial charge is 0.493 e. The lowest BCUT2D eigenvalue weighted by molar-refractivity contribution is -0.145. The summed E-state index contributed by atoms with van der Waals surface area (Å²) in [5, 5.41) is 2.09. The molecule has 0 spiro atoms. The van der Waals surface area contributed by atoms with Crippen molar-refractivity contribution in [2.24, 2.45) is 4.99 Å². The van der Waals surface area contributed by atoms with Gasteiger partial charge >= 0.3 is 11.9 Å². The minimum Gasteiger partial charge on any atom is -0.493 e. The SMILES string of the molecule is CCOC(=O)COc1c(Cl)cc(/C=c2\sc3n(c2=O)[C@@H](c2cccs2)C(C(=O)OCC)=C(c2ccccc2)N=3)cc1OC. The lowest BCUT2D eigenvalue weighted by atomic mass is 9.97. The number of hydrogen-bond acceptors (Lipinski definition) is 10. The minimum atomic E-state index is -0.732. The summed E-state index contributed by atoms with van der Waals surface area (Å²) in [6, 6.07) is 15.7. The number of hydrogen-bond donors (Lipinski definition) is 0. The van der Waals surface area contributed by atoms with E-state index >= 15 is 0 Å². The van der Waals surface area contributed by atoms with Crippen LogP contribution in [0.4, 0.5) is 0 Å². The molecule has 1 aliphatic heterocycles. The van der Waals surface area contributed by atoms with Gasteiger partial charge in [-0.05, 0) is 49.1 Å². The van der Waals surface area contributed by atoms with Gasteiger partial charge in [-0.15, -0.1) is 11.3 Å². The molecule has 0 amide bonds. The zero-order valence-corrected chi connectivity index (χ0v) is 25.9. The summed E-state index contributed by atoms with van der Waals surface area (Å²) >= 11 is 9.15. The Balaban J connectivity index is 1.66. The predicted molar refractivity (Wildman–Crippen MR) is 166 cm³/mol. The molecule has 0 aliphatic carbocycles. The number of carbonyl (C=O) groups excluding carboxylic acids is 2. The standard InChI is InChI=1S/C31H27ClN2O7S2/c1-4-39-24(35)17-41-28-20(32)14-18(15-21(28)38-3)16-23-29(36)34-27(22-12-9-13-42-22)25(30(37)40-5-2)26(33-31(34)43-23)19-10-7-6-8-11-19/h6-16,27H,4-5,17H2,1-3H3/b23-16-/t27-/m0/s1. The maximum absolute atomic E-state index is 14.0. The Morgan fingerprint density at radius 2 is 1.84 bits per heavy atom. The Kier molecular flexibility index (Phi) is 9.44. The fourth-order valence-corrected chi connectivity index (χ4v) is 6.70.